The standard InChI is InChI=1S/C14H17FN2O3/c1-10(14(19)17-6-8-20-9-7-17)16-13(18)11-4-2-3-5-12(11)15/h2-5,10H,6-9H2,1H3,(H,16,18)/t10-/m1/s1. The third kappa shape index (κ3) is 3.33. The Morgan fingerprint density at radius 1 is 1.30 bits per heavy atom. The topological polar surface area (TPSA) is 58.6 Å². The van der Waals surface area contributed by atoms with E-state index >= 15 is 0 Å². The molecule has 1 N–H and O–H groups in total. The molecule has 0 aromatic heterocycles. The van der Waals surface area contributed by atoms with E-state index in [1.807, 2.05) is 0 Å². The molecule has 0 saturated carbocycles. The van der Waals surface area contributed by atoms with Crippen LogP contribution in [-0.2, 0) is 9.53 Å². The van der Waals surface area contributed by atoms with Crippen LogP contribution >= 0.6 is 0 Å². The number of nitrogens with one attached hydrogen (secondary N) is 1. The first kappa shape index (κ1) is 14.5. The lowest BCUT2D eigenvalue weighted by Crippen LogP contribution is -2.50. The first-order valence-corrected chi connectivity index (χ1v) is 6.51. The highest BCUT2D eigenvalue weighted by Gasteiger charge is 2.24. The van der Waals surface area contributed by atoms with Crippen molar-refractivity contribution in [1.29, 1.82) is 0 Å². The SMILES string of the molecule is C[C@@H](NC(=O)c1ccccc1F)C(=O)N1CCOCC1. The normalized spacial score (nSPS) is 16.6. The number of hydrogen-bond acceptors (Lipinski definition) is 3. The number of carbonyl (C=O) groups excluding carboxylic acids is 2. The first-order chi connectivity index (χ1) is 9.59. The van der Waals surface area contributed by atoms with Gasteiger partial charge in [-0.15, -0.1) is 0 Å². The van der Waals surface area contributed by atoms with Gasteiger partial charge in [-0.3, -0.25) is 9.59 Å². The van der Waals surface area contributed by atoms with Gasteiger partial charge in [-0.05, 0) is 19.1 Å². The smallest absolute Gasteiger partial charge is 0.254 e. The van der Waals surface area contributed by atoms with Crippen molar-refractivity contribution >= 4 is 11.8 Å². The lowest BCUT2D eigenvalue weighted by atomic mass is 10.2. The summed E-state index contributed by atoms with van der Waals surface area (Å²) >= 11 is 0. The molecule has 0 bridgehead atoms. The lowest BCUT2D eigenvalue weighted by molar-refractivity contribution is -0.136. The fourth-order valence-corrected chi connectivity index (χ4v) is 2.04. The summed E-state index contributed by atoms with van der Waals surface area (Å²) in [5, 5.41) is 2.52. The average Bonchev–Trinajstić information content (AvgIpc) is 2.47. The van der Waals surface area contributed by atoms with Crippen LogP contribution in [0.1, 0.15) is 17.3 Å². The summed E-state index contributed by atoms with van der Waals surface area (Å²) in [5.74, 6) is -1.37. The van der Waals surface area contributed by atoms with Gasteiger partial charge in [-0.1, -0.05) is 12.1 Å². The van der Waals surface area contributed by atoms with Gasteiger partial charge in [-0.2, -0.15) is 0 Å². The molecular weight excluding hydrogens is 263 g/mol. The van der Waals surface area contributed by atoms with Crippen LogP contribution in [-0.4, -0.2) is 49.1 Å². The molecular formula is C14H17FN2O3. The van der Waals surface area contributed by atoms with Gasteiger partial charge in [0.05, 0.1) is 18.8 Å². The molecule has 1 heterocycles. The predicted octanol–water partition coefficient (Wildman–Crippen LogP) is 0.803. The maximum absolute atomic E-state index is 13.5. The van der Waals surface area contributed by atoms with E-state index in [0.29, 0.717) is 26.3 Å². The van der Waals surface area contributed by atoms with Gasteiger partial charge in [0.1, 0.15) is 11.9 Å². The summed E-state index contributed by atoms with van der Waals surface area (Å²) < 4.78 is 18.6. The molecule has 5 nitrogen and oxygen atoms in total. The number of hydrogen-bond donors (Lipinski definition) is 1. The molecule has 1 aromatic carbocycles. The maximum atomic E-state index is 13.5. The average molecular weight is 280 g/mol. The van der Waals surface area contributed by atoms with Gasteiger partial charge >= 0.3 is 0 Å². The van der Waals surface area contributed by atoms with Crippen LogP contribution in [0.4, 0.5) is 4.39 Å². The highest BCUT2D eigenvalue weighted by Crippen LogP contribution is 2.07. The van der Waals surface area contributed by atoms with E-state index < -0.39 is 17.8 Å². The summed E-state index contributed by atoms with van der Waals surface area (Å²) in [4.78, 5) is 25.7. The van der Waals surface area contributed by atoms with Gasteiger partial charge in [0.15, 0.2) is 0 Å². The van der Waals surface area contributed by atoms with Gasteiger partial charge in [0, 0.05) is 13.1 Å². The molecule has 1 atom stereocenters. The zero-order valence-corrected chi connectivity index (χ0v) is 11.3. The number of rotatable bonds is 3. The quantitative estimate of drug-likeness (QED) is 0.891. The van der Waals surface area contributed by atoms with Gasteiger partial charge < -0.3 is 15.0 Å². The number of nitrogens with zero attached hydrogens (tertiary/aromatic N) is 1. The maximum Gasteiger partial charge on any atom is 0.254 e. The van der Waals surface area contributed by atoms with Gasteiger partial charge in [0.2, 0.25) is 5.91 Å². The zero-order valence-electron chi connectivity index (χ0n) is 11.3. The summed E-state index contributed by atoms with van der Waals surface area (Å²) in [6, 6.07) is 4.99. The monoisotopic (exact) mass is 280 g/mol. The number of carbonyl (C=O) groups is 2. The zero-order chi connectivity index (χ0) is 14.5. The highest BCUT2D eigenvalue weighted by atomic mass is 19.1. The Labute approximate surface area is 116 Å². The summed E-state index contributed by atoms with van der Waals surface area (Å²) in [6.07, 6.45) is 0. The van der Waals surface area contributed by atoms with Crippen molar-refractivity contribution in [2.24, 2.45) is 0 Å². The van der Waals surface area contributed by atoms with E-state index in [4.69, 9.17) is 4.74 Å². The van der Waals surface area contributed by atoms with E-state index in [1.165, 1.54) is 18.2 Å². The minimum absolute atomic E-state index is 0.0610. The first-order valence-electron chi connectivity index (χ1n) is 6.51. The van der Waals surface area contributed by atoms with Crippen molar-refractivity contribution < 1.29 is 18.7 Å². The summed E-state index contributed by atoms with van der Waals surface area (Å²) in [5.41, 5.74) is -0.0610. The Kier molecular flexibility index (Phi) is 4.68. The molecule has 1 aliphatic rings. The van der Waals surface area contributed by atoms with Crippen molar-refractivity contribution in [1.82, 2.24) is 10.2 Å². The number of ether oxygens (including phenoxy) is 1. The second-order valence-corrected chi connectivity index (χ2v) is 4.61. The molecule has 2 amide bonds. The highest BCUT2D eigenvalue weighted by molar-refractivity contribution is 5.97. The molecule has 0 aliphatic carbocycles. The van der Waals surface area contributed by atoms with Crippen LogP contribution < -0.4 is 5.32 Å². The molecule has 6 heteroatoms. The third-order valence-electron chi connectivity index (χ3n) is 3.16. The largest absolute Gasteiger partial charge is 0.378 e. The molecule has 0 unspecified atom stereocenters. The van der Waals surface area contributed by atoms with Crippen molar-refractivity contribution in [2.45, 2.75) is 13.0 Å². The predicted molar refractivity (Wildman–Crippen MR) is 70.7 cm³/mol. The van der Waals surface area contributed by atoms with E-state index in [0.717, 1.165) is 0 Å². The molecule has 108 valence electrons. The van der Waals surface area contributed by atoms with Crippen LogP contribution in [0, 0.1) is 5.82 Å². The number of halogens is 1. The van der Waals surface area contributed by atoms with Crippen LogP contribution in [0.25, 0.3) is 0 Å². The fraction of sp³-hybridized carbons (Fsp3) is 0.429. The molecule has 1 aromatic rings. The van der Waals surface area contributed by atoms with Crippen molar-refractivity contribution in [3.63, 3.8) is 0 Å². The molecule has 0 spiro atoms. The minimum atomic E-state index is -0.694. The van der Waals surface area contributed by atoms with Crippen molar-refractivity contribution in [2.75, 3.05) is 26.3 Å². The number of amides is 2. The molecule has 20 heavy (non-hydrogen) atoms. The minimum Gasteiger partial charge on any atom is -0.378 e. The van der Waals surface area contributed by atoms with E-state index in [1.54, 1.807) is 17.9 Å². The van der Waals surface area contributed by atoms with E-state index in [2.05, 4.69) is 5.32 Å². The Balaban J connectivity index is 1.97. The summed E-state index contributed by atoms with van der Waals surface area (Å²) in [6.45, 7) is 3.62. The Hall–Kier alpha value is -1.95. The Morgan fingerprint density at radius 2 is 1.95 bits per heavy atom. The third-order valence-corrected chi connectivity index (χ3v) is 3.16. The second kappa shape index (κ2) is 6.47. The van der Waals surface area contributed by atoms with Crippen LogP contribution in [0.15, 0.2) is 24.3 Å². The van der Waals surface area contributed by atoms with Crippen LogP contribution in [0.5, 0.6) is 0 Å². The fourth-order valence-electron chi connectivity index (χ4n) is 2.04. The van der Waals surface area contributed by atoms with E-state index in [-0.39, 0.29) is 11.5 Å². The Bertz CT molecular complexity index is 501. The molecule has 1 aliphatic heterocycles. The molecule has 2 rings (SSSR count). The lowest BCUT2D eigenvalue weighted by Gasteiger charge is -2.29. The van der Waals surface area contributed by atoms with Gasteiger partial charge in [-0.25, -0.2) is 4.39 Å². The van der Waals surface area contributed by atoms with Crippen molar-refractivity contribution in [3.8, 4) is 0 Å². The number of benzene rings is 1. The second-order valence-electron chi connectivity index (χ2n) is 4.61. The molecule has 1 saturated heterocycles. The molecule has 0 radical (unpaired) electrons. The van der Waals surface area contributed by atoms with E-state index in [9.17, 15) is 14.0 Å². The van der Waals surface area contributed by atoms with Crippen LogP contribution in [0.2, 0.25) is 0 Å². The number of morpholine rings is 1. The van der Waals surface area contributed by atoms with Crippen molar-refractivity contribution in [3.05, 3.63) is 35.6 Å². The Morgan fingerprint density at radius 3 is 2.60 bits per heavy atom. The molecule has 1 fully saturated rings. The summed E-state index contributed by atoms with van der Waals surface area (Å²) in [7, 11) is 0. The van der Waals surface area contributed by atoms with Crippen LogP contribution in [0.3, 0.4) is 0 Å². The van der Waals surface area contributed by atoms with Gasteiger partial charge in [0.25, 0.3) is 5.91 Å².